The van der Waals surface area contributed by atoms with Crippen LogP contribution in [0.25, 0.3) is 21.8 Å². The van der Waals surface area contributed by atoms with Crippen LogP contribution in [-0.4, -0.2) is 0 Å². The fourth-order valence-corrected chi connectivity index (χ4v) is 7.00. The maximum Gasteiger partial charge on any atom is 0.0195 e. The molecule has 0 N–H and O–H groups in total. The largest absolute Gasteiger partial charge is 0.657 e. The summed E-state index contributed by atoms with van der Waals surface area (Å²) in [5.41, 5.74) is 13.6. The van der Waals surface area contributed by atoms with Gasteiger partial charge in [0.15, 0.2) is 0 Å². The molecule has 0 fully saturated rings. The van der Waals surface area contributed by atoms with Crippen molar-refractivity contribution in [2.75, 3.05) is 9.80 Å². The summed E-state index contributed by atoms with van der Waals surface area (Å²) in [5.74, 6) is 1.92. The third-order valence-corrected chi connectivity index (χ3v) is 10.1. The average molecular weight is 865 g/mol. The first kappa shape index (κ1) is 40.5. The van der Waals surface area contributed by atoms with Gasteiger partial charge in [-0.1, -0.05) is 170 Å². The minimum absolute atomic E-state index is 0. The number of anilines is 2. The van der Waals surface area contributed by atoms with Crippen LogP contribution in [-0.2, 0) is 33.2 Å². The zero-order valence-electron chi connectivity index (χ0n) is 33.6. The van der Waals surface area contributed by atoms with E-state index in [0.29, 0.717) is 23.7 Å². The van der Waals surface area contributed by atoms with Crippen molar-refractivity contribution < 1.29 is 22.4 Å². The van der Waals surface area contributed by atoms with Crippen molar-refractivity contribution in [1.29, 1.82) is 0 Å². The van der Waals surface area contributed by atoms with Gasteiger partial charge in [0.2, 0.25) is 0 Å². The molecule has 3 nitrogen and oxygen atoms in total. The van der Waals surface area contributed by atoms with E-state index in [0.717, 1.165) is 11.0 Å². The van der Waals surface area contributed by atoms with Gasteiger partial charge in [-0.25, -0.2) is 0 Å². The maximum absolute atomic E-state index is 4.76. The second kappa shape index (κ2) is 15.8. The van der Waals surface area contributed by atoms with Gasteiger partial charge in [0.1, 0.15) is 0 Å². The molecule has 4 aromatic carbocycles. The van der Waals surface area contributed by atoms with Crippen LogP contribution in [0.4, 0.5) is 11.4 Å². The van der Waals surface area contributed by atoms with E-state index in [9.17, 15) is 0 Å². The van der Waals surface area contributed by atoms with Crippen LogP contribution in [0.5, 0.6) is 0 Å². The van der Waals surface area contributed by atoms with Gasteiger partial charge in [0.25, 0.3) is 0 Å². The molecule has 4 heteroatoms. The number of rotatable bonds is 6. The molecule has 1 aliphatic heterocycles. The Morgan fingerprint density at radius 1 is 0.490 bits per heavy atom. The monoisotopic (exact) mass is 864 g/mol. The topological polar surface area (TPSA) is 20.6 Å². The first-order valence-corrected chi connectivity index (χ1v) is 18.7. The van der Waals surface area contributed by atoms with Gasteiger partial charge in [-0.15, -0.1) is 17.7 Å². The second-order valence-corrected chi connectivity index (χ2v) is 17.5. The van der Waals surface area contributed by atoms with Crippen LogP contribution in [0.3, 0.4) is 0 Å². The number of aromatic nitrogens is 1. The zero-order chi connectivity index (χ0) is 36.7. The molecular formula is C47H61AuN3-2. The number of nitrogens with zero attached hydrogens (tertiary/aromatic N) is 3. The summed E-state index contributed by atoms with van der Waals surface area (Å²) in [5, 5.41) is 2.56. The summed E-state index contributed by atoms with van der Waals surface area (Å²) in [4.78, 5) is 9.41. The number of hydrogen-bond acceptors (Lipinski definition) is 2. The van der Waals surface area contributed by atoms with Gasteiger partial charge in [-0.2, -0.15) is 0 Å². The van der Waals surface area contributed by atoms with Crippen LogP contribution >= 0.6 is 0 Å². The van der Waals surface area contributed by atoms with Crippen LogP contribution in [0.1, 0.15) is 154 Å². The van der Waals surface area contributed by atoms with Crippen molar-refractivity contribution in [3.05, 3.63) is 125 Å². The van der Waals surface area contributed by atoms with E-state index < -0.39 is 0 Å². The van der Waals surface area contributed by atoms with E-state index in [1.807, 2.05) is 0 Å². The summed E-state index contributed by atoms with van der Waals surface area (Å²) in [7, 11) is 0. The van der Waals surface area contributed by atoms with Crippen molar-refractivity contribution in [2.24, 2.45) is 0 Å². The summed E-state index contributed by atoms with van der Waals surface area (Å²) >= 11 is 0. The molecule has 0 bridgehead atoms. The molecule has 1 radical (unpaired) electrons. The molecular weight excluding hydrogens is 804 g/mol. The normalized spacial score (nSPS) is 13.6. The predicted molar refractivity (Wildman–Crippen MR) is 220 cm³/mol. The molecule has 0 unspecified atom stereocenters. The second-order valence-electron chi connectivity index (χ2n) is 17.5. The van der Waals surface area contributed by atoms with Gasteiger partial charge in [0.05, 0.1) is 0 Å². The molecule has 0 saturated carbocycles. The standard InChI is InChI=1S/C27H37N2.C20H24N.Au/c1-18(2)22-11-9-12-23(19(3)4)26(22)28-15-16-29(17-28)27-24(20(5)6)13-10-14-25(27)21(7)8;1-19(2,3)13-7-9-17-15(11-13)16-12-14(20(4,5)6)8-10-18(16)21-17;/h9-21H,1-8H3;7-12H,1-6H3;/q2*-1;. The Hall–Kier alpha value is -3.24. The molecule has 1 aromatic heterocycles. The molecule has 6 rings (SSSR count). The molecule has 0 aliphatic carbocycles. The molecule has 0 atom stereocenters. The number of para-hydroxylation sites is 2. The van der Waals surface area contributed by atoms with E-state index in [1.54, 1.807) is 0 Å². The van der Waals surface area contributed by atoms with E-state index in [-0.39, 0.29) is 33.2 Å². The molecule has 5 aromatic rings. The number of hydrogen-bond donors (Lipinski definition) is 0. The van der Waals surface area contributed by atoms with Crippen molar-refractivity contribution in [1.82, 2.24) is 4.98 Å². The quantitative estimate of drug-likeness (QED) is 0.125. The molecule has 51 heavy (non-hydrogen) atoms. The van der Waals surface area contributed by atoms with Gasteiger partial charge < -0.3 is 14.8 Å². The third kappa shape index (κ3) is 8.70. The fourth-order valence-electron chi connectivity index (χ4n) is 7.00. The zero-order valence-corrected chi connectivity index (χ0v) is 35.8. The SMILES string of the molecule is CC(C)(C)c1ccc2[n-]c3ccc(C(C)(C)C)cc3c2c1.CC(C)c1cccc(C(C)C)c1N1C=CN(c2c(C(C)C)cccc2C(C)C)[CH-]1.[Au]. The Labute approximate surface area is 325 Å². The molecule has 0 saturated heterocycles. The van der Waals surface area contributed by atoms with Crippen LogP contribution in [0.15, 0.2) is 85.2 Å². The van der Waals surface area contributed by atoms with E-state index in [1.165, 1.54) is 55.5 Å². The smallest absolute Gasteiger partial charge is 0.0195 e. The summed E-state index contributed by atoms with van der Waals surface area (Å²) < 4.78 is 0. The van der Waals surface area contributed by atoms with Gasteiger partial charge in [0, 0.05) is 33.8 Å². The molecule has 277 valence electrons. The van der Waals surface area contributed by atoms with Crippen molar-refractivity contribution in [3.63, 3.8) is 0 Å². The predicted octanol–water partition coefficient (Wildman–Crippen LogP) is 13.6. The summed E-state index contributed by atoms with van der Waals surface area (Å²) in [6.07, 6.45) is 4.43. The van der Waals surface area contributed by atoms with Gasteiger partial charge >= 0.3 is 0 Å². The fraction of sp³-hybridized carbons (Fsp3) is 0.426. The van der Waals surface area contributed by atoms with E-state index in [2.05, 4.69) is 199 Å². The Morgan fingerprint density at radius 3 is 1.08 bits per heavy atom. The van der Waals surface area contributed by atoms with Crippen molar-refractivity contribution >= 4 is 33.2 Å². The van der Waals surface area contributed by atoms with Crippen molar-refractivity contribution in [3.8, 4) is 0 Å². The van der Waals surface area contributed by atoms with E-state index in [4.69, 9.17) is 4.98 Å². The Balaban J connectivity index is 0.000000235. The van der Waals surface area contributed by atoms with Gasteiger partial charge in [-0.3, -0.25) is 0 Å². The Bertz CT molecular complexity index is 1790. The third-order valence-electron chi connectivity index (χ3n) is 10.1. The van der Waals surface area contributed by atoms with Crippen LogP contribution in [0.2, 0.25) is 0 Å². The van der Waals surface area contributed by atoms with Crippen LogP contribution < -0.4 is 14.8 Å². The Morgan fingerprint density at radius 2 is 0.804 bits per heavy atom. The first-order valence-electron chi connectivity index (χ1n) is 18.7. The minimum Gasteiger partial charge on any atom is -0.657 e. The van der Waals surface area contributed by atoms with Crippen LogP contribution in [0, 0.1) is 6.67 Å². The number of fused-ring (bicyclic) bond motifs is 3. The molecule has 0 amide bonds. The molecule has 1 aliphatic rings. The minimum atomic E-state index is 0. The van der Waals surface area contributed by atoms with E-state index >= 15 is 0 Å². The summed E-state index contributed by atoms with van der Waals surface area (Å²) in [6, 6.07) is 26.9. The summed E-state index contributed by atoms with van der Waals surface area (Å²) in [6.45, 7) is 34.1. The average Bonchev–Trinajstić information content (AvgIpc) is 3.68. The molecule has 0 spiro atoms. The van der Waals surface area contributed by atoms with Gasteiger partial charge in [-0.05, 0) is 91.1 Å². The molecule has 2 heterocycles. The first-order chi connectivity index (χ1) is 23.4. The Kier molecular flexibility index (Phi) is 12.5. The van der Waals surface area contributed by atoms with Crippen molar-refractivity contribution in [2.45, 2.75) is 131 Å². The number of benzene rings is 4. The maximum atomic E-state index is 4.76.